The van der Waals surface area contributed by atoms with E-state index in [4.69, 9.17) is 4.74 Å². The maximum Gasteiger partial charge on any atom is 0.358 e. The van der Waals surface area contributed by atoms with Crippen LogP contribution in [0.2, 0.25) is 0 Å². The first-order valence-corrected chi connectivity index (χ1v) is 7.41. The van der Waals surface area contributed by atoms with Crippen LogP contribution in [0.1, 0.15) is 36.5 Å². The molecule has 0 saturated heterocycles. The predicted octanol–water partition coefficient (Wildman–Crippen LogP) is 2.64. The third kappa shape index (κ3) is 4.31. The van der Waals surface area contributed by atoms with Crippen LogP contribution in [-0.2, 0) is 13.0 Å². The molecule has 0 aliphatic carbocycles. The summed E-state index contributed by atoms with van der Waals surface area (Å²) in [6.07, 6.45) is 1.39. The molecule has 2 aromatic rings. The van der Waals surface area contributed by atoms with Gasteiger partial charge in [0.2, 0.25) is 0 Å². The first-order chi connectivity index (χ1) is 10.6. The molecule has 0 radical (unpaired) electrons. The van der Waals surface area contributed by atoms with E-state index in [2.05, 4.69) is 10.3 Å². The number of aryl methyl sites for hydroxylation is 1. The highest BCUT2D eigenvalue weighted by atomic mass is 16.5. The van der Waals surface area contributed by atoms with E-state index in [-0.39, 0.29) is 5.69 Å². The summed E-state index contributed by atoms with van der Waals surface area (Å²) in [5, 5.41) is 16.9. The number of benzene rings is 1. The number of aromatic nitrogens is 3. The largest absolute Gasteiger partial charge is 0.494 e. The number of nitrogens with zero attached hydrogens (tertiary/aromatic N) is 3. The summed E-state index contributed by atoms with van der Waals surface area (Å²) in [5.41, 5.74) is 0.736. The summed E-state index contributed by atoms with van der Waals surface area (Å²) >= 11 is 0. The molecule has 0 aliphatic rings. The topological polar surface area (TPSA) is 77.2 Å². The zero-order valence-electron chi connectivity index (χ0n) is 12.9. The van der Waals surface area contributed by atoms with Gasteiger partial charge < -0.3 is 9.84 Å². The number of carboxylic acid groups (broad SMARTS) is 1. The summed E-state index contributed by atoms with van der Waals surface area (Å²) in [5.74, 6) is 0.146. The molecule has 1 heterocycles. The number of rotatable bonds is 8. The molecule has 22 heavy (non-hydrogen) atoms. The number of aromatic carboxylic acids is 1. The molecule has 0 amide bonds. The van der Waals surface area contributed by atoms with E-state index in [0.717, 1.165) is 12.2 Å². The summed E-state index contributed by atoms with van der Waals surface area (Å²) in [7, 11) is 0. The fourth-order valence-corrected chi connectivity index (χ4v) is 2.19. The zero-order valence-corrected chi connectivity index (χ0v) is 12.9. The van der Waals surface area contributed by atoms with E-state index < -0.39 is 5.97 Å². The number of carboxylic acids is 1. The highest BCUT2D eigenvalue weighted by Gasteiger charge is 2.19. The number of para-hydroxylation sites is 1. The van der Waals surface area contributed by atoms with Crippen molar-refractivity contribution in [1.29, 1.82) is 0 Å². The molecule has 1 N–H and O–H groups in total. The predicted molar refractivity (Wildman–Crippen MR) is 82.1 cm³/mol. The molecule has 118 valence electrons. The van der Waals surface area contributed by atoms with Crippen molar-refractivity contribution in [3.05, 3.63) is 41.7 Å². The molecule has 1 aromatic carbocycles. The lowest BCUT2D eigenvalue weighted by Gasteiger charge is -2.10. The van der Waals surface area contributed by atoms with Gasteiger partial charge in [0, 0.05) is 13.0 Å². The van der Waals surface area contributed by atoms with Crippen molar-refractivity contribution in [3.63, 3.8) is 0 Å². The van der Waals surface area contributed by atoms with Gasteiger partial charge in [-0.1, -0.05) is 37.3 Å². The van der Waals surface area contributed by atoms with Crippen LogP contribution in [0.4, 0.5) is 0 Å². The standard InChI is InChI=1S/C16H21N3O3/c1-12(2)11-14-15(16(20)21)17-18-19(14)9-6-10-22-13-7-4-3-5-8-13/h3-5,7-8,12H,6,9-11H2,1-2H3,(H,20,21). The molecule has 0 saturated carbocycles. The van der Waals surface area contributed by atoms with Crippen LogP contribution in [0.15, 0.2) is 30.3 Å². The van der Waals surface area contributed by atoms with Gasteiger partial charge in [-0.3, -0.25) is 0 Å². The monoisotopic (exact) mass is 303 g/mol. The van der Waals surface area contributed by atoms with Crippen molar-refractivity contribution in [2.45, 2.75) is 33.2 Å². The average Bonchev–Trinajstić information content (AvgIpc) is 2.87. The Bertz CT molecular complexity index is 608. The van der Waals surface area contributed by atoms with E-state index >= 15 is 0 Å². The van der Waals surface area contributed by atoms with Crippen LogP contribution in [0.25, 0.3) is 0 Å². The minimum absolute atomic E-state index is 0.0534. The first-order valence-electron chi connectivity index (χ1n) is 7.41. The summed E-state index contributed by atoms with van der Waals surface area (Å²) in [6.45, 7) is 5.23. The summed E-state index contributed by atoms with van der Waals surface area (Å²) in [4.78, 5) is 11.2. The van der Waals surface area contributed by atoms with Gasteiger partial charge in [-0.2, -0.15) is 0 Å². The molecule has 0 unspecified atom stereocenters. The van der Waals surface area contributed by atoms with Crippen molar-refractivity contribution in [3.8, 4) is 5.75 Å². The highest BCUT2D eigenvalue weighted by Crippen LogP contribution is 2.13. The second kappa shape index (κ2) is 7.59. The van der Waals surface area contributed by atoms with Crippen LogP contribution >= 0.6 is 0 Å². The van der Waals surface area contributed by atoms with E-state index in [0.29, 0.717) is 31.2 Å². The van der Waals surface area contributed by atoms with Gasteiger partial charge in [-0.15, -0.1) is 5.10 Å². The second-order valence-electron chi connectivity index (χ2n) is 5.53. The van der Waals surface area contributed by atoms with E-state index in [1.165, 1.54) is 0 Å². The molecule has 0 fully saturated rings. The highest BCUT2D eigenvalue weighted by molar-refractivity contribution is 5.86. The van der Waals surface area contributed by atoms with Crippen molar-refractivity contribution in [2.75, 3.05) is 6.61 Å². The van der Waals surface area contributed by atoms with Crippen molar-refractivity contribution in [1.82, 2.24) is 15.0 Å². The quantitative estimate of drug-likeness (QED) is 0.759. The number of hydrogen-bond acceptors (Lipinski definition) is 4. The second-order valence-corrected chi connectivity index (χ2v) is 5.53. The molecule has 0 spiro atoms. The molecule has 0 atom stereocenters. The van der Waals surface area contributed by atoms with E-state index in [1.54, 1.807) is 4.68 Å². The first kappa shape index (κ1) is 16.0. The molecule has 2 rings (SSSR count). The van der Waals surface area contributed by atoms with Crippen molar-refractivity contribution >= 4 is 5.97 Å². The molecule has 6 heteroatoms. The van der Waals surface area contributed by atoms with Crippen molar-refractivity contribution in [2.24, 2.45) is 5.92 Å². The van der Waals surface area contributed by atoms with Gasteiger partial charge in [0.05, 0.1) is 12.3 Å². The van der Waals surface area contributed by atoms with Gasteiger partial charge in [0.25, 0.3) is 0 Å². The van der Waals surface area contributed by atoms with E-state index in [9.17, 15) is 9.90 Å². The number of ether oxygens (including phenoxy) is 1. The van der Waals surface area contributed by atoms with Crippen LogP contribution in [0.3, 0.4) is 0 Å². The third-order valence-corrected chi connectivity index (χ3v) is 3.17. The Morgan fingerprint density at radius 1 is 1.32 bits per heavy atom. The Balaban J connectivity index is 1.93. The summed E-state index contributed by atoms with van der Waals surface area (Å²) < 4.78 is 7.30. The fraction of sp³-hybridized carbons (Fsp3) is 0.438. The van der Waals surface area contributed by atoms with Gasteiger partial charge >= 0.3 is 5.97 Å². The Labute approximate surface area is 129 Å². The molecule has 0 aliphatic heterocycles. The average molecular weight is 303 g/mol. The Hall–Kier alpha value is -2.37. The molecular formula is C16H21N3O3. The molecule has 0 bridgehead atoms. The van der Waals surface area contributed by atoms with Crippen molar-refractivity contribution < 1.29 is 14.6 Å². The van der Waals surface area contributed by atoms with Gasteiger partial charge in [0.15, 0.2) is 5.69 Å². The lowest BCUT2D eigenvalue weighted by atomic mass is 10.1. The normalized spacial score (nSPS) is 10.9. The maximum atomic E-state index is 11.2. The van der Waals surface area contributed by atoms with Crippen LogP contribution < -0.4 is 4.74 Å². The zero-order chi connectivity index (χ0) is 15.9. The van der Waals surface area contributed by atoms with Gasteiger partial charge in [-0.05, 0) is 24.5 Å². The van der Waals surface area contributed by atoms with Gasteiger partial charge in [0.1, 0.15) is 5.75 Å². The third-order valence-electron chi connectivity index (χ3n) is 3.17. The molecule has 1 aromatic heterocycles. The smallest absolute Gasteiger partial charge is 0.358 e. The SMILES string of the molecule is CC(C)Cc1c(C(=O)O)nnn1CCCOc1ccccc1. The summed E-state index contributed by atoms with van der Waals surface area (Å²) in [6, 6.07) is 9.59. The Kier molecular flexibility index (Phi) is 5.52. The minimum atomic E-state index is -1.03. The molecule has 6 nitrogen and oxygen atoms in total. The van der Waals surface area contributed by atoms with Crippen LogP contribution in [0, 0.1) is 5.92 Å². The van der Waals surface area contributed by atoms with Gasteiger partial charge in [-0.25, -0.2) is 9.48 Å². The van der Waals surface area contributed by atoms with Crippen LogP contribution in [0.5, 0.6) is 5.75 Å². The Morgan fingerprint density at radius 2 is 2.05 bits per heavy atom. The minimum Gasteiger partial charge on any atom is -0.494 e. The number of carbonyl (C=O) groups is 1. The number of hydrogen-bond donors (Lipinski definition) is 1. The van der Waals surface area contributed by atoms with E-state index in [1.807, 2.05) is 44.2 Å². The van der Waals surface area contributed by atoms with Crippen LogP contribution in [-0.4, -0.2) is 32.7 Å². The lowest BCUT2D eigenvalue weighted by Crippen LogP contribution is -2.13. The molecular weight excluding hydrogens is 282 g/mol. The maximum absolute atomic E-state index is 11.2. The fourth-order valence-electron chi connectivity index (χ4n) is 2.19. The Morgan fingerprint density at radius 3 is 2.68 bits per heavy atom. The lowest BCUT2D eigenvalue weighted by molar-refractivity contribution is 0.0689.